The number of carbonyl (C=O) groups excluding carboxylic acids is 1. The monoisotopic (exact) mass is 481 g/mol. The molecule has 1 atom stereocenters. The number of amides is 1. The summed E-state index contributed by atoms with van der Waals surface area (Å²) in [5.41, 5.74) is 0.246. The van der Waals surface area contributed by atoms with Crippen LogP contribution in [0.2, 0.25) is 0 Å². The Labute approximate surface area is 203 Å². The predicted octanol–water partition coefficient (Wildman–Crippen LogP) is 4.63. The van der Waals surface area contributed by atoms with Gasteiger partial charge < -0.3 is 29.3 Å². The number of aromatic hydroxyl groups is 1. The fourth-order valence-corrected chi connectivity index (χ4v) is 3.91. The minimum absolute atomic E-state index is 0.100. The Hall–Kier alpha value is -3.79. The maximum Gasteiger partial charge on any atom is 0.248 e. The molecule has 0 aliphatic heterocycles. The van der Waals surface area contributed by atoms with Crippen LogP contribution in [-0.4, -0.2) is 41.1 Å². The first-order chi connectivity index (χ1) is 16.5. The number of aromatic nitrogens is 4. The molecule has 0 spiro atoms. The third kappa shape index (κ3) is 5.83. The minimum Gasteiger partial charge on any atom is -0.494 e. The zero-order valence-corrected chi connectivity index (χ0v) is 20.5. The molecule has 3 heterocycles. The van der Waals surface area contributed by atoms with E-state index in [0.717, 1.165) is 0 Å². The quantitative estimate of drug-likeness (QED) is 0.318. The largest absolute Gasteiger partial charge is 0.494 e. The molecule has 4 rings (SSSR count). The Balaban J connectivity index is 1.56. The molecule has 3 aromatic heterocycles. The van der Waals surface area contributed by atoms with Gasteiger partial charge in [-0.05, 0) is 38.3 Å². The summed E-state index contributed by atoms with van der Waals surface area (Å²) in [5, 5.41) is 27.8. The van der Waals surface area contributed by atoms with E-state index < -0.39 is 11.6 Å². The minimum atomic E-state index is -0.935. The molecule has 10 nitrogen and oxygen atoms in total. The Morgan fingerprint density at radius 3 is 2.77 bits per heavy atom. The third-order valence-corrected chi connectivity index (χ3v) is 5.29. The molecule has 0 bridgehead atoms. The van der Waals surface area contributed by atoms with Crippen molar-refractivity contribution in [2.45, 2.75) is 59.2 Å². The number of hydrogen-bond acceptors (Lipinski definition) is 7. The Kier molecular flexibility index (Phi) is 6.58. The molecule has 0 aliphatic rings. The van der Waals surface area contributed by atoms with Crippen molar-refractivity contribution in [1.82, 2.24) is 19.3 Å². The fraction of sp³-hybridized carbons (Fsp3) is 0.400. The van der Waals surface area contributed by atoms with Gasteiger partial charge in [-0.15, -0.1) is 0 Å². The van der Waals surface area contributed by atoms with Crippen molar-refractivity contribution in [3.8, 4) is 17.4 Å². The van der Waals surface area contributed by atoms with E-state index in [-0.39, 0.29) is 24.2 Å². The standard InChI is InChI=1S/C25H31N5O5/c1-15(2)11-18(24(32)27-21-9-10-29(28-21)14-25(4,5)33)30-13-17(12-22(30)31)35-20-8-6-7-19-23(20)26-16(3)34-19/h6-10,12-13,15,18,31,33H,11,14H2,1-5H3,(H,27,28,32)/t18-/m0/s1. The number of nitrogens with one attached hydrogen (secondary N) is 1. The normalized spacial score (nSPS) is 12.9. The van der Waals surface area contributed by atoms with Crippen molar-refractivity contribution in [3.05, 3.63) is 48.6 Å². The van der Waals surface area contributed by atoms with E-state index in [9.17, 15) is 15.0 Å². The van der Waals surface area contributed by atoms with Gasteiger partial charge in [0.1, 0.15) is 11.8 Å². The molecule has 35 heavy (non-hydrogen) atoms. The lowest BCUT2D eigenvalue weighted by Gasteiger charge is -2.20. The van der Waals surface area contributed by atoms with Gasteiger partial charge in [0.05, 0.1) is 18.3 Å². The van der Waals surface area contributed by atoms with Gasteiger partial charge in [0.15, 0.2) is 34.4 Å². The number of oxazole rings is 1. The number of rotatable bonds is 9. The number of aryl methyl sites for hydroxylation is 1. The second kappa shape index (κ2) is 9.46. The molecule has 0 aliphatic carbocycles. The fourth-order valence-electron chi connectivity index (χ4n) is 3.91. The van der Waals surface area contributed by atoms with Gasteiger partial charge in [0.25, 0.3) is 0 Å². The highest BCUT2D eigenvalue weighted by atomic mass is 16.5. The maximum absolute atomic E-state index is 13.2. The number of anilines is 1. The number of fused-ring (bicyclic) bond motifs is 1. The van der Waals surface area contributed by atoms with Crippen molar-refractivity contribution in [3.63, 3.8) is 0 Å². The summed E-state index contributed by atoms with van der Waals surface area (Å²) >= 11 is 0. The smallest absolute Gasteiger partial charge is 0.248 e. The summed E-state index contributed by atoms with van der Waals surface area (Å²) in [6, 6.07) is 7.80. The van der Waals surface area contributed by atoms with Crippen LogP contribution in [0.25, 0.3) is 11.1 Å². The first kappa shape index (κ1) is 24.3. The van der Waals surface area contributed by atoms with Crippen LogP contribution < -0.4 is 10.1 Å². The second-order valence-electron chi connectivity index (χ2n) is 9.72. The Morgan fingerprint density at radius 2 is 2.06 bits per heavy atom. The zero-order valence-electron chi connectivity index (χ0n) is 20.5. The maximum atomic E-state index is 13.2. The van der Waals surface area contributed by atoms with E-state index in [1.807, 2.05) is 13.8 Å². The summed E-state index contributed by atoms with van der Waals surface area (Å²) in [5.74, 6) is 1.50. The van der Waals surface area contributed by atoms with Crippen molar-refractivity contribution in [2.75, 3.05) is 5.32 Å². The number of para-hydroxylation sites is 1. The number of nitrogens with zero attached hydrogens (tertiary/aromatic N) is 4. The van der Waals surface area contributed by atoms with Crippen LogP contribution in [-0.2, 0) is 11.3 Å². The van der Waals surface area contributed by atoms with Crippen LogP contribution in [0.1, 0.15) is 46.0 Å². The van der Waals surface area contributed by atoms with Crippen molar-refractivity contribution in [1.29, 1.82) is 0 Å². The average Bonchev–Trinajstić information content (AvgIpc) is 3.43. The first-order valence-corrected chi connectivity index (χ1v) is 11.5. The molecule has 0 radical (unpaired) electrons. The summed E-state index contributed by atoms with van der Waals surface area (Å²) < 4.78 is 14.6. The van der Waals surface area contributed by atoms with Crippen molar-refractivity contribution in [2.24, 2.45) is 5.92 Å². The SMILES string of the molecule is Cc1nc2c(Oc3cc(O)n([C@@H](CC(C)C)C(=O)Nc4ccn(CC(C)(C)O)n4)c3)cccc2o1. The average molecular weight is 482 g/mol. The highest BCUT2D eigenvalue weighted by Crippen LogP contribution is 2.35. The summed E-state index contributed by atoms with van der Waals surface area (Å²) in [6.45, 7) is 9.42. The molecule has 1 aromatic carbocycles. The lowest BCUT2D eigenvalue weighted by molar-refractivity contribution is -0.119. The molecular formula is C25H31N5O5. The van der Waals surface area contributed by atoms with Crippen LogP contribution in [0.3, 0.4) is 0 Å². The van der Waals surface area contributed by atoms with Gasteiger partial charge in [0, 0.05) is 25.3 Å². The zero-order chi connectivity index (χ0) is 25.3. The highest BCUT2D eigenvalue weighted by Gasteiger charge is 2.26. The molecule has 186 valence electrons. The van der Waals surface area contributed by atoms with E-state index >= 15 is 0 Å². The first-order valence-electron chi connectivity index (χ1n) is 11.5. The van der Waals surface area contributed by atoms with Crippen molar-refractivity contribution >= 4 is 22.8 Å². The third-order valence-electron chi connectivity index (χ3n) is 5.29. The number of benzene rings is 1. The van der Waals surface area contributed by atoms with E-state index in [0.29, 0.717) is 40.7 Å². The molecular weight excluding hydrogens is 450 g/mol. The summed E-state index contributed by atoms with van der Waals surface area (Å²) in [4.78, 5) is 17.6. The summed E-state index contributed by atoms with van der Waals surface area (Å²) in [6.07, 6.45) is 3.77. The van der Waals surface area contributed by atoms with E-state index in [4.69, 9.17) is 9.15 Å². The van der Waals surface area contributed by atoms with Gasteiger partial charge in [-0.1, -0.05) is 19.9 Å². The molecule has 4 aromatic rings. The molecule has 0 saturated carbocycles. The molecule has 0 fully saturated rings. The van der Waals surface area contributed by atoms with Gasteiger partial charge >= 0.3 is 0 Å². The van der Waals surface area contributed by atoms with Crippen LogP contribution in [0.15, 0.2) is 47.1 Å². The molecule has 1 amide bonds. The van der Waals surface area contributed by atoms with Crippen LogP contribution in [0.4, 0.5) is 5.82 Å². The lowest BCUT2D eigenvalue weighted by Crippen LogP contribution is -2.28. The van der Waals surface area contributed by atoms with Crippen LogP contribution in [0.5, 0.6) is 17.4 Å². The lowest BCUT2D eigenvalue weighted by atomic mass is 10.0. The van der Waals surface area contributed by atoms with Crippen molar-refractivity contribution < 1.29 is 24.2 Å². The van der Waals surface area contributed by atoms with Gasteiger partial charge in [-0.3, -0.25) is 9.48 Å². The molecule has 0 saturated heterocycles. The number of hydrogen-bond donors (Lipinski definition) is 3. The number of ether oxygens (including phenoxy) is 1. The van der Waals surface area contributed by atoms with Gasteiger partial charge in [-0.2, -0.15) is 5.10 Å². The predicted molar refractivity (Wildman–Crippen MR) is 131 cm³/mol. The summed E-state index contributed by atoms with van der Waals surface area (Å²) in [7, 11) is 0. The number of aliphatic hydroxyl groups is 1. The van der Waals surface area contributed by atoms with E-state index in [1.165, 1.54) is 10.6 Å². The van der Waals surface area contributed by atoms with E-state index in [2.05, 4.69) is 15.4 Å². The van der Waals surface area contributed by atoms with Crippen LogP contribution in [0, 0.1) is 12.8 Å². The van der Waals surface area contributed by atoms with Gasteiger partial charge in [0.2, 0.25) is 5.91 Å². The highest BCUT2D eigenvalue weighted by molar-refractivity contribution is 5.93. The molecule has 0 unspecified atom stereocenters. The molecule has 3 N–H and O–H groups in total. The number of carbonyl (C=O) groups is 1. The van der Waals surface area contributed by atoms with Crippen LogP contribution >= 0.6 is 0 Å². The Bertz CT molecular complexity index is 1330. The Morgan fingerprint density at radius 1 is 1.29 bits per heavy atom. The second-order valence-corrected chi connectivity index (χ2v) is 9.72. The topological polar surface area (TPSA) is 128 Å². The molecule has 10 heteroatoms. The van der Waals surface area contributed by atoms with Gasteiger partial charge in [-0.25, -0.2) is 4.98 Å². The van der Waals surface area contributed by atoms with E-state index in [1.54, 1.807) is 62.1 Å².